The minimum absolute atomic E-state index is 0.400. The Bertz CT molecular complexity index is 397. The molecule has 2 rings (SSSR count). The van der Waals surface area contributed by atoms with Gasteiger partial charge < -0.3 is 5.32 Å². The molecule has 1 nitrogen and oxygen atoms in total. The quantitative estimate of drug-likeness (QED) is 0.869. The van der Waals surface area contributed by atoms with Crippen LogP contribution in [0.25, 0.3) is 0 Å². The topological polar surface area (TPSA) is 12.0 Å². The average molecular weight is 271 g/mol. The second-order valence-electron chi connectivity index (χ2n) is 4.72. The lowest BCUT2D eigenvalue weighted by atomic mass is 10.2. The Kier molecular flexibility index (Phi) is 5.01. The molecule has 0 amide bonds. The van der Waals surface area contributed by atoms with Crippen LogP contribution >= 0.6 is 11.8 Å². The summed E-state index contributed by atoms with van der Waals surface area (Å²) < 4.78 is 26.4. The molecule has 0 spiro atoms. The molecule has 1 saturated carbocycles. The van der Waals surface area contributed by atoms with Crippen LogP contribution in [0.4, 0.5) is 8.78 Å². The van der Waals surface area contributed by atoms with Crippen LogP contribution in [-0.2, 0) is 0 Å². The first-order chi connectivity index (χ1) is 8.70. The number of rotatable bonds is 5. The SMILES string of the molecule is CCCNC1CCCC1Sc1ccc(F)cc1F. The first-order valence-corrected chi connectivity index (χ1v) is 7.43. The molecule has 0 aromatic heterocycles. The highest BCUT2D eigenvalue weighted by Crippen LogP contribution is 2.36. The zero-order valence-corrected chi connectivity index (χ0v) is 11.4. The van der Waals surface area contributed by atoms with E-state index in [1.54, 1.807) is 17.8 Å². The lowest BCUT2D eigenvalue weighted by molar-refractivity contribution is 0.529. The van der Waals surface area contributed by atoms with Gasteiger partial charge in [-0.3, -0.25) is 0 Å². The van der Waals surface area contributed by atoms with E-state index in [2.05, 4.69) is 12.2 Å². The number of hydrogen-bond donors (Lipinski definition) is 1. The zero-order valence-electron chi connectivity index (χ0n) is 10.6. The van der Waals surface area contributed by atoms with Gasteiger partial charge in [0.05, 0.1) is 0 Å². The molecule has 1 aliphatic carbocycles. The number of benzene rings is 1. The third kappa shape index (κ3) is 3.45. The first-order valence-electron chi connectivity index (χ1n) is 6.55. The summed E-state index contributed by atoms with van der Waals surface area (Å²) in [6, 6.07) is 4.30. The fourth-order valence-electron chi connectivity index (χ4n) is 2.36. The molecule has 0 radical (unpaired) electrons. The summed E-state index contributed by atoms with van der Waals surface area (Å²) in [6.07, 6.45) is 4.55. The van der Waals surface area contributed by atoms with Crippen LogP contribution < -0.4 is 5.32 Å². The molecule has 1 aromatic carbocycles. The summed E-state index contributed by atoms with van der Waals surface area (Å²) in [5.74, 6) is -0.954. The van der Waals surface area contributed by atoms with Crippen molar-refractivity contribution in [3.05, 3.63) is 29.8 Å². The lowest BCUT2D eigenvalue weighted by Crippen LogP contribution is -2.34. The highest BCUT2D eigenvalue weighted by molar-refractivity contribution is 8.00. The second kappa shape index (κ2) is 6.53. The van der Waals surface area contributed by atoms with Gasteiger partial charge in [-0.2, -0.15) is 0 Å². The molecule has 2 unspecified atom stereocenters. The average Bonchev–Trinajstić information content (AvgIpc) is 2.77. The van der Waals surface area contributed by atoms with Gasteiger partial charge in [0.1, 0.15) is 11.6 Å². The highest BCUT2D eigenvalue weighted by Gasteiger charge is 2.28. The third-order valence-electron chi connectivity index (χ3n) is 3.28. The second-order valence-corrected chi connectivity index (χ2v) is 6.00. The maximum atomic E-state index is 13.6. The number of hydrogen-bond acceptors (Lipinski definition) is 2. The van der Waals surface area contributed by atoms with E-state index < -0.39 is 11.6 Å². The van der Waals surface area contributed by atoms with Crippen molar-refractivity contribution in [2.45, 2.75) is 48.8 Å². The molecular formula is C14H19F2NS. The number of thioether (sulfide) groups is 1. The molecule has 1 aromatic rings. The molecule has 18 heavy (non-hydrogen) atoms. The number of nitrogens with one attached hydrogen (secondary N) is 1. The maximum absolute atomic E-state index is 13.6. The van der Waals surface area contributed by atoms with Crippen molar-refractivity contribution in [2.24, 2.45) is 0 Å². The van der Waals surface area contributed by atoms with E-state index >= 15 is 0 Å². The summed E-state index contributed by atoms with van der Waals surface area (Å²) in [5.41, 5.74) is 0. The zero-order chi connectivity index (χ0) is 13.0. The Hall–Kier alpha value is -0.610. The summed E-state index contributed by atoms with van der Waals surface area (Å²) in [4.78, 5) is 0.562. The van der Waals surface area contributed by atoms with E-state index in [9.17, 15) is 8.78 Å². The Balaban J connectivity index is 1.99. The van der Waals surface area contributed by atoms with Crippen LogP contribution in [0.2, 0.25) is 0 Å². The minimum atomic E-state index is -0.510. The smallest absolute Gasteiger partial charge is 0.139 e. The van der Waals surface area contributed by atoms with Gasteiger partial charge in [-0.05, 0) is 37.9 Å². The highest BCUT2D eigenvalue weighted by atomic mass is 32.2. The summed E-state index contributed by atoms with van der Waals surface area (Å²) >= 11 is 1.54. The van der Waals surface area contributed by atoms with Crippen molar-refractivity contribution in [1.29, 1.82) is 0 Å². The monoisotopic (exact) mass is 271 g/mol. The fraction of sp³-hybridized carbons (Fsp3) is 0.571. The Morgan fingerprint density at radius 2 is 2.17 bits per heavy atom. The van der Waals surface area contributed by atoms with Crippen LogP contribution in [0.3, 0.4) is 0 Å². The molecule has 1 N–H and O–H groups in total. The lowest BCUT2D eigenvalue weighted by Gasteiger charge is -2.20. The van der Waals surface area contributed by atoms with Crippen LogP contribution in [0, 0.1) is 11.6 Å². The third-order valence-corrected chi connectivity index (χ3v) is 4.73. The van der Waals surface area contributed by atoms with Gasteiger partial charge in [-0.25, -0.2) is 8.78 Å². The van der Waals surface area contributed by atoms with Gasteiger partial charge in [0, 0.05) is 22.3 Å². The van der Waals surface area contributed by atoms with Gasteiger partial charge in [0.15, 0.2) is 0 Å². The van der Waals surface area contributed by atoms with Crippen LogP contribution in [0.15, 0.2) is 23.1 Å². The van der Waals surface area contributed by atoms with Crippen LogP contribution in [0.5, 0.6) is 0 Å². The molecular weight excluding hydrogens is 252 g/mol. The standard InChI is InChI=1S/C14H19F2NS/c1-2-8-17-12-4-3-5-14(12)18-13-7-6-10(15)9-11(13)16/h6-7,9,12,14,17H,2-5,8H2,1H3. The molecule has 100 valence electrons. The van der Waals surface area contributed by atoms with Gasteiger partial charge in [0.2, 0.25) is 0 Å². The van der Waals surface area contributed by atoms with Gasteiger partial charge in [-0.15, -0.1) is 11.8 Å². The largest absolute Gasteiger partial charge is 0.313 e. The van der Waals surface area contributed by atoms with Crippen LogP contribution in [-0.4, -0.2) is 17.8 Å². The van der Waals surface area contributed by atoms with Crippen molar-refractivity contribution >= 4 is 11.8 Å². The summed E-state index contributed by atoms with van der Waals surface area (Å²) in [6.45, 7) is 3.15. The van der Waals surface area contributed by atoms with Gasteiger partial charge in [0.25, 0.3) is 0 Å². The van der Waals surface area contributed by atoms with E-state index in [0.717, 1.165) is 31.9 Å². The molecule has 1 fully saturated rings. The molecule has 4 heteroatoms. The van der Waals surface area contributed by atoms with E-state index in [1.165, 1.54) is 12.5 Å². The Labute approximate surface area is 111 Å². The molecule has 2 atom stereocenters. The molecule has 0 bridgehead atoms. The van der Waals surface area contributed by atoms with Gasteiger partial charge in [-0.1, -0.05) is 13.3 Å². The maximum Gasteiger partial charge on any atom is 0.139 e. The van der Waals surface area contributed by atoms with E-state index in [4.69, 9.17) is 0 Å². The first kappa shape index (κ1) is 13.8. The predicted octanol–water partition coefficient (Wildman–Crippen LogP) is 3.98. The minimum Gasteiger partial charge on any atom is -0.313 e. The van der Waals surface area contributed by atoms with E-state index in [-0.39, 0.29) is 0 Å². The Morgan fingerprint density at radius 3 is 2.89 bits per heavy atom. The van der Waals surface area contributed by atoms with Crippen molar-refractivity contribution < 1.29 is 8.78 Å². The Morgan fingerprint density at radius 1 is 1.33 bits per heavy atom. The normalized spacial score (nSPS) is 23.5. The molecule has 0 heterocycles. The number of halogens is 2. The molecule has 0 aliphatic heterocycles. The molecule has 0 saturated heterocycles. The van der Waals surface area contributed by atoms with Gasteiger partial charge >= 0.3 is 0 Å². The van der Waals surface area contributed by atoms with Crippen molar-refractivity contribution in [1.82, 2.24) is 5.32 Å². The van der Waals surface area contributed by atoms with Crippen molar-refractivity contribution in [3.8, 4) is 0 Å². The summed E-state index contributed by atoms with van der Waals surface area (Å²) in [7, 11) is 0. The van der Waals surface area contributed by atoms with Crippen LogP contribution in [0.1, 0.15) is 32.6 Å². The van der Waals surface area contributed by atoms with E-state index in [1.807, 2.05) is 0 Å². The fourth-order valence-corrected chi connectivity index (χ4v) is 3.69. The molecule has 1 aliphatic rings. The van der Waals surface area contributed by atoms with Crippen molar-refractivity contribution in [3.63, 3.8) is 0 Å². The van der Waals surface area contributed by atoms with E-state index in [0.29, 0.717) is 16.2 Å². The van der Waals surface area contributed by atoms with Crippen molar-refractivity contribution in [2.75, 3.05) is 6.54 Å². The summed E-state index contributed by atoms with van der Waals surface area (Å²) in [5, 5.41) is 3.91. The predicted molar refractivity (Wildman–Crippen MR) is 71.9 cm³/mol.